The Morgan fingerprint density at radius 1 is 0.950 bits per heavy atom. The molecule has 3 heterocycles. The second-order valence-corrected chi connectivity index (χ2v) is 9.46. The van der Waals surface area contributed by atoms with Crippen molar-refractivity contribution in [3.8, 4) is 22.8 Å². The highest BCUT2D eigenvalue weighted by molar-refractivity contribution is 6.35. The summed E-state index contributed by atoms with van der Waals surface area (Å²) < 4.78 is 27.5. The minimum atomic E-state index is -2.96. The number of halogens is 2. The van der Waals surface area contributed by atoms with E-state index < -0.39 is 5.92 Å². The van der Waals surface area contributed by atoms with Gasteiger partial charge in [-0.05, 0) is 42.5 Å². The third-order valence-corrected chi connectivity index (χ3v) is 6.50. The van der Waals surface area contributed by atoms with Crippen LogP contribution in [0.25, 0.3) is 34.4 Å². The second-order valence-electron chi connectivity index (χ2n) is 9.46. The van der Waals surface area contributed by atoms with Gasteiger partial charge < -0.3 is 15.6 Å². The minimum absolute atomic E-state index is 0.105. The maximum atomic E-state index is 13.8. The highest BCUT2D eigenvalue weighted by atomic mass is 19.3. The lowest BCUT2D eigenvalue weighted by atomic mass is 10.1. The molecule has 8 nitrogen and oxygen atoms in total. The van der Waals surface area contributed by atoms with Gasteiger partial charge in [0.1, 0.15) is 0 Å². The van der Waals surface area contributed by atoms with Crippen LogP contribution in [-0.4, -0.2) is 32.4 Å². The number of aromatic amines is 2. The van der Waals surface area contributed by atoms with E-state index in [0.29, 0.717) is 39.7 Å². The Labute approximate surface area is 227 Å². The summed E-state index contributed by atoms with van der Waals surface area (Å²) in [5, 5.41) is 13.3. The number of carbonyl (C=O) groups is 2. The molecule has 0 radical (unpaired) electrons. The van der Waals surface area contributed by atoms with E-state index in [0.717, 1.165) is 35.7 Å². The monoisotopic (exact) mass is 536 g/mol. The zero-order valence-electron chi connectivity index (χ0n) is 21.1. The van der Waals surface area contributed by atoms with Gasteiger partial charge in [0.2, 0.25) is 0 Å². The van der Waals surface area contributed by atoms with Gasteiger partial charge in [-0.15, -0.1) is 0 Å². The summed E-state index contributed by atoms with van der Waals surface area (Å²) >= 11 is 0. The highest BCUT2D eigenvalue weighted by Crippen LogP contribution is 2.36. The molecule has 4 N–H and O–H groups in total. The lowest BCUT2D eigenvalue weighted by Gasteiger charge is -2.10. The molecule has 0 bridgehead atoms. The Hall–Kier alpha value is -5.38. The maximum Gasteiger partial charge on any atom is 0.270 e. The number of hydrogen-bond acceptors (Lipinski definition) is 5. The van der Waals surface area contributed by atoms with Gasteiger partial charge in [-0.1, -0.05) is 36.4 Å². The highest BCUT2D eigenvalue weighted by Gasteiger charge is 2.26. The molecule has 198 valence electrons. The first-order chi connectivity index (χ1) is 19.3. The topological polar surface area (TPSA) is 116 Å². The number of nitrogens with zero attached hydrogens (tertiary/aromatic N) is 2. The van der Waals surface area contributed by atoms with Gasteiger partial charge in [0.15, 0.2) is 17.9 Å². The van der Waals surface area contributed by atoms with Crippen LogP contribution in [0.2, 0.25) is 0 Å². The summed E-state index contributed by atoms with van der Waals surface area (Å²) in [5.74, 6) is -2.38. The van der Waals surface area contributed by atoms with Crippen LogP contribution in [0.4, 0.5) is 25.8 Å². The van der Waals surface area contributed by atoms with Gasteiger partial charge in [0.25, 0.3) is 11.8 Å². The lowest BCUT2D eigenvalue weighted by molar-refractivity contribution is -0.110. The number of aldehydes is 1. The van der Waals surface area contributed by atoms with Crippen molar-refractivity contribution in [2.24, 2.45) is 0 Å². The lowest BCUT2D eigenvalue weighted by Crippen LogP contribution is -2.06. The number of alkyl halides is 2. The number of hydrogen-bond donors (Lipinski definition) is 4. The summed E-state index contributed by atoms with van der Waals surface area (Å²) in [7, 11) is 0. The molecule has 0 unspecified atom stereocenters. The average Bonchev–Trinajstić information content (AvgIpc) is 3.68. The smallest absolute Gasteiger partial charge is 0.270 e. The van der Waals surface area contributed by atoms with Crippen LogP contribution in [0.3, 0.4) is 0 Å². The number of rotatable bonds is 7. The summed E-state index contributed by atoms with van der Waals surface area (Å²) in [4.78, 5) is 31.1. The molecular weight excluding hydrogens is 514 g/mol. The predicted octanol–water partition coefficient (Wildman–Crippen LogP) is 6.63. The van der Waals surface area contributed by atoms with E-state index in [1.165, 1.54) is 12.1 Å². The molecule has 1 amide bonds. The number of benzene rings is 3. The van der Waals surface area contributed by atoms with Crippen LogP contribution < -0.4 is 10.6 Å². The van der Waals surface area contributed by atoms with E-state index in [-0.39, 0.29) is 11.5 Å². The molecule has 0 saturated carbocycles. The van der Waals surface area contributed by atoms with Crippen LogP contribution >= 0.6 is 0 Å². The number of nitrogens with one attached hydrogen (secondary N) is 4. The van der Waals surface area contributed by atoms with Gasteiger partial charge in [0.05, 0.1) is 11.3 Å². The van der Waals surface area contributed by atoms with Crippen molar-refractivity contribution in [2.75, 3.05) is 10.6 Å². The number of aromatic nitrogens is 4. The summed E-state index contributed by atoms with van der Waals surface area (Å²) in [5.41, 5.74) is 5.75. The van der Waals surface area contributed by atoms with E-state index >= 15 is 0 Å². The quantitative estimate of drug-likeness (QED) is 0.138. The molecule has 0 atom stereocenters. The number of amides is 1. The Bertz CT molecular complexity index is 1800. The molecule has 40 heavy (non-hydrogen) atoms. The maximum absolute atomic E-state index is 13.8. The van der Waals surface area contributed by atoms with Crippen molar-refractivity contribution < 1.29 is 18.4 Å². The first-order valence-corrected chi connectivity index (χ1v) is 12.4. The van der Waals surface area contributed by atoms with Crippen molar-refractivity contribution in [1.82, 2.24) is 20.2 Å². The Morgan fingerprint density at radius 2 is 1.75 bits per heavy atom. The molecule has 1 aliphatic heterocycles. The van der Waals surface area contributed by atoms with Gasteiger partial charge in [-0.3, -0.25) is 14.7 Å². The van der Waals surface area contributed by atoms with Gasteiger partial charge in [0, 0.05) is 58.0 Å². The van der Waals surface area contributed by atoms with Crippen LogP contribution in [0, 0.1) is 0 Å². The standard InChI is InChI=1S/C30H22F2N6O2/c1-30(31,32)20-6-2-4-18(11-20)27-36-28(38-37-27)19-5-3-7-21(12-19)34-22-8-9-24-25(29(40)35-26(24)14-22)13-23-10-17(16-39)15-33-23/h2-16,33-34H,1H3,(H,35,40)(H,36,37,38)/b25-13-. The Balaban J connectivity index is 1.22. The average molecular weight is 537 g/mol. The molecule has 10 heteroatoms. The molecule has 0 saturated heterocycles. The van der Waals surface area contributed by atoms with Gasteiger partial charge >= 0.3 is 0 Å². The zero-order chi connectivity index (χ0) is 27.9. The zero-order valence-corrected chi connectivity index (χ0v) is 21.1. The van der Waals surface area contributed by atoms with Gasteiger partial charge in [-0.2, -0.15) is 5.10 Å². The van der Waals surface area contributed by atoms with E-state index in [4.69, 9.17) is 0 Å². The van der Waals surface area contributed by atoms with Crippen LogP contribution in [0.5, 0.6) is 0 Å². The van der Waals surface area contributed by atoms with E-state index in [9.17, 15) is 18.4 Å². The van der Waals surface area contributed by atoms with Crippen LogP contribution in [-0.2, 0) is 10.7 Å². The first kappa shape index (κ1) is 24.9. The fraction of sp³-hybridized carbons (Fsp3) is 0.0667. The molecule has 3 aromatic carbocycles. The Kier molecular flexibility index (Phi) is 6.07. The minimum Gasteiger partial charge on any atom is -0.361 e. The number of anilines is 3. The molecule has 5 aromatic rings. The number of carbonyl (C=O) groups excluding carboxylic acids is 2. The van der Waals surface area contributed by atoms with Crippen molar-refractivity contribution in [1.29, 1.82) is 0 Å². The molecule has 2 aromatic heterocycles. The van der Waals surface area contributed by atoms with Crippen molar-refractivity contribution in [2.45, 2.75) is 12.8 Å². The second kappa shape index (κ2) is 9.73. The molecule has 1 aliphatic rings. The fourth-order valence-electron chi connectivity index (χ4n) is 4.51. The first-order valence-electron chi connectivity index (χ1n) is 12.4. The van der Waals surface area contributed by atoms with Crippen molar-refractivity contribution in [3.05, 3.63) is 101 Å². The van der Waals surface area contributed by atoms with E-state index in [1.54, 1.807) is 30.5 Å². The molecule has 0 spiro atoms. The van der Waals surface area contributed by atoms with Crippen LogP contribution in [0.15, 0.2) is 79.0 Å². The number of H-pyrrole nitrogens is 2. The molecular formula is C30H22F2N6O2. The Morgan fingerprint density at radius 3 is 2.55 bits per heavy atom. The summed E-state index contributed by atoms with van der Waals surface area (Å²) in [6.07, 6.45) is 4.03. The molecule has 0 fully saturated rings. The summed E-state index contributed by atoms with van der Waals surface area (Å²) in [6.45, 7) is 0.854. The predicted molar refractivity (Wildman–Crippen MR) is 149 cm³/mol. The normalized spacial score (nSPS) is 13.8. The number of fused-ring (bicyclic) bond motifs is 1. The largest absolute Gasteiger partial charge is 0.361 e. The van der Waals surface area contributed by atoms with Crippen molar-refractivity contribution >= 4 is 40.9 Å². The molecule has 6 rings (SSSR count). The van der Waals surface area contributed by atoms with Crippen molar-refractivity contribution in [3.63, 3.8) is 0 Å². The van der Waals surface area contributed by atoms with E-state index in [1.807, 2.05) is 42.5 Å². The third kappa shape index (κ3) is 4.90. The van der Waals surface area contributed by atoms with Crippen LogP contribution in [0.1, 0.15) is 34.1 Å². The summed E-state index contributed by atoms with van der Waals surface area (Å²) in [6, 6.07) is 20.7. The van der Waals surface area contributed by atoms with E-state index in [2.05, 4.69) is 30.8 Å². The van der Waals surface area contributed by atoms with Gasteiger partial charge in [-0.25, -0.2) is 13.8 Å². The third-order valence-electron chi connectivity index (χ3n) is 6.50. The molecule has 0 aliphatic carbocycles. The SMILES string of the molecule is CC(F)(F)c1cccc(-c2n[nH]c(-c3cccc(Nc4ccc5c(c4)NC(=O)/C5=C\c4cc(C=O)c[nH]4)c3)n2)c1. The fourth-order valence-corrected chi connectivity index (χ4v) is 4.51.